The summed E-state index contributed by atoms with van der Waals surface area (Å²) >= 11 is 5.99. The Morgan fingerprint density at radius 3 is 2.58 bits per heavy atom. The number of hydrogen-bond acceptors (Lipinski definition) is 4. The third-order valence-electron chi connectivity index (χ3n) is 4.90. The van der Waals surface area contributed by atoms with E-state index in [1.165, 1.54) is 11.1 Å². The summed E-state index contributed by atoms with van der Waals surface area (Å²) in [6, 6.07) is 5.90. The van der Waals surface area contributed by atoms with Crippen LogP contribution in [0.4, 0.5) is 0 Å². The molecule has 0 atom stereocenters. The number of aliphatic imine (C=N–C) groups is 1. The van der Waals surface area contributed by atoms with E-state index >= 15 is 0 Å². The van der Waals surface area contributed by atoms with Gasteiger partial charge in [-0.1, -0.05) is 11.6 Å². The fraction of sp³-hybridized carbons (Fsp3) is 0.429. The molecular weight excluding hydrogens is 348 g/mol. The van der Waals surface area contributed by atoms with Gasteiger partial charge in [0.1, 0.15) is 10.8 Å². The van der Waals surface area contributed by atoms with Gasteiger partial charge in [0.2, 0.25) is 0 Å². The molecule has 3 heterocycles. The van der Waals surface area contributed by atoms with Crippen LogP contribution in [0.15, 0.2) is 29.4 Å². The van der Waals surface area contributed by atoms with Crippen molar-refractivity contribution in [3.8, 4) is 11.5 Å². The second kappa shape index (κ2) is 5.71. The number of hydrogen-bond donors (Lipinski definition) is 0. The summed E-state index contributed by atoms with van der Waals surface area (Å²) in [5, 5.41) is 0.481. The molecule has 1 aromatic heterocycles. The molecule has 2 aromatic rings. The molecule has 4 nitrogen and oxygen atoms in total. The monoisotopic (exact) mass is 370 g/mol. The molecule has 4 rings (SSSR count). The van der Waals surface area contributed by atoms with Crippen molar-refractivity contribution in [3.63, 3.8) is 0 Å². The quantitative estimate of drug-likeness (QED) is 0.724. The highest BCUT2D eigenvalue weighted by Gasteiger charge is 2.39. The van der Waals surface area contributed by atoms with Crippen molar-refractivity contribution in [3.05, 3.63) is 51.8 Å². The van der Waals surface area contributed by atoms with E-state index in [0.717, 1.165) is 41.2 Å². The molecule has 0 spiro atoms. The first-order chi connectivity index (χ1) is 12.2. The second-order valence-electron chi connectivity index (χ2n) is 8.28. The molecule has 2 aliphatic rings. The summed E-state index contributed by atoms with van der Waals surface area (Å²) in [4.78, 5) is 9.33. The first-order valence-electron chi connectivity index (χ1n) is 8.83. The smallest absolute Gasteiger partial charge is 0.166 e. The third-order valence-corrected chi connectivity index (χ3v) is 5.13. The maximum absolute atomic E-state index is 6.22. The Morgan fingerprint density at radius 1 is 1.15 bits per heavy atom. The van der Waals surface area contributed by atoms with E-state index in [1.807, 2.05) is 12.1 Å². The Bertz CT molecular complexity index is 915. The minimum absolute atomic E-state index is 0.198. The number of fused-ring (bicyclic) bond motifs is 3. The van der Waals surface area contributed by atoms with Crippen LogP contribution >= 0.6 is 11.6 Å². The number of aromatic nitrogens is 1. The van der Waals surface area contributed by atoms with Crippen LogP contribution < -0.4 is 9.47 Å². The van der Waals surface area contributed by atoms with Gasteiger partial charge in [-0.2, -0.15) is 0 Å². The highest BCUT2D eigenvalue weighted by Crippen LogP contribution is 2.47. The molecule has 1 aromatic carbocycles. The maximum atomic E-state index is 6.22. The van der Waals surface area contributed by atoms with Crippen molar-refractivity contribution in [2.45, 2.75) is 51.7 Å². The molecule has 5 heteroatoms. The minimum atomic E-state index is -0.263. The van der Waals surface area contributed by atoms with Crippen LogP contribution in [0, 0.1) is 0 Å². The summed E-state index contributed by atoms with van der Waals surface area (Å²) < 4.78 is 11.9. The normalized spacial score (nSPS) is 19.2. The van der Waals surface area contributed by atoms with Gasteiger partial charge in [0, 0.05) is 29.3 Å². The lowest BCUT2D eigenvalue weighted by Crippen LogP contribution is -2.30. The predicted octanol–water partition coefficient (Wildman–Crippen LogP) is 4.63. The average molecular weight is 371 g/mol. The van der Waals surface area contributed by atoms with Gasteiger partial charge < -0.3 is 9.47 Å². The lowest BCUT2D eigenvalue weighted by atomic mass is 9.81. The lowest BCUT2D eigenvalue weighted by Gasteiger charge is -2.31. The highest BCUT2D eigenvalue weighted by molar-refractivity contribution is 6.29. The van der Waals surface area contributed by atoms with Gasteiger partial charge in [0.25, 0.3) is 0 Å². The Labute approximate surface area is 159 Å². The zero-order valence-corrected chi connectivity index (χ0v) is 16.6. The van der Waals surface area contributed by atoms with E-state index < -0.39 is 0 Å². The summed E-state index contributed by atoms with van der Waals surface area (Å²) in [6.07, 6.45) is 3.48. The molecule has 0 radical (unpaired) electrons. The summed E-state index contributed by atoms with van der Waals surface area (Å²) in [5.74, 6) is 1.64. The Kier molecular flexibility index (Phi) is 3.81. The molecule has 0 amide bonds. The van der Waals surface area contributed by atoms with Gasteiger partial charge in [-0.3, -0.25) is 4.99 Å². The summed E-state index contributed by atoms with van der Waals surface area (Å²) in [7, 11) is 1.70. The molecule has 0 bridgehead atoms. The Hall–Kier alpha value is -2.07. The number of nitrogens with zero attached hydrogens (tertiary/aromatic N) is 2. The maximum Gasteiger partial charge on any atom is 0.166 e. The molecule has 0 N–H and O–H groups in total. The fourth-order valence-corrected chi connectivity index (χ4v) is 4.06. The molecule has 0 saturated carbocycles. The third kappa shape index (κ3) is 2.86. The van der Waals surface area contributed by atoms with Crippen LogP contribution in [-0.2, 0) is 12.8 Å². The van der Waals surface area contributed by atoms with E-state index in [1.54, 1.807) is 13.3 Å². The minimum Gasteiger partial charge on any atom is -0.493 e. The van der Waals surface area contributed by atoms with Crippen LogP contribution in [0.25, 0.3) is 0 Å². The molecule has 0 fully saturated rings. The first kappa shape index (κ1) is 17.3. The van der Waals surface area contributed by atoms with Gasteiger partial charge in [-0.25, -0.2) is 4.98 Å². The highest BCUT2D eigenvalue weighted by atomic mass is 35.5. The van der Waals surface area contributed by atoms with Crippen LogP contribution in [0.5, 0.6) is 11.5 Å². The number of methoxy groups -OCH3 is 1. The van der Waals surface area contributed by atoms with Crippen molar-refractivity contribution in [2.24, 2.45) is 4.99 Å². The van der Waals surface area contributed by atoms with E-state index in [2.05, 4.69) is 38.7 Å². The van der Waals surface area contributed by atoms with Crippen molar-refractivity contribution in [1.82, 2.24) is 4.98 Å². The van der Waals surface area contributed by atoms with E-state index in [4.69, 9.17) is 26.1 Å². The predicted molar refractivity (Wildman–Crippen MR) is 104 cm³/mol. The first-order valence-corrected chi connectivity index (χ1v) is 9.21. The Morgan fingerprint density at radius 2 is 1.92 bits per heavy atom. The number of ether oxygens (including phenoxy) is 2. The number of pyridine rings is 1. The standard InChI is InChI=1S/C21H23ClN2O2/c1-20(2)9-13-8-15(25-5)19-14(10-21(3,4)26-19)17(13)18(24-20)12-6-7-16(22)23-11-12/h6-8,11H,9-10H2,1-5H3. The van der Waals surface area contributed by atoms with Crippen LogP contribution in [0.2, 0.25) is 5.15 Å². The molecule has 26 heavy (non-hydrogen) atoms. The molecule has 0 aliphatic carbocycles. The topological polar surface area (TPSA) is 43.7 Å². The lowest BCUT2D eigenvalue weighted by molar-refractivity contribution is 0.134. The van der Waals surface area contributed by atoms with E-state index in [0.29, 0.717) is 5.15 Å². The summed E-state index contributed by atoms with van der Waals surface area (Å²) in [6.45, 7) is 8.51. The zero-order valence-electron chi connectivity index (χ0n) is 15.8. The van der Waals surface area contributed by atoms with Crippen molar-refractivity contribution < 1.29 is 9.47 Å². The van der Waals surface area contributed by atoms with Crippen molar-refractivity contribution >= 4 is 17.3 Å². The summed E-state index contributed by atoms with van der Waals surface area (Å²) in [5.41, 5.74) is 5.05. The fourth-order valence-electron chi connectivity index (χ4n) is 3.95. The van der Waals surface area contributed by atoms with Gasteiger partial charge in [0.15, 0.2) is 11.5 Å². The number of rotatable bonds is 2. The SMILES string of the molecule is COc1cc2c(c3c1OC(C)(C)C3)C(c1ccc(Cl)nc1)=NC(C)(C)C2. The van der Waals surface area contributed by atoms with Crippen LogP contribution in [0.3, 0.4) is 0 Å². The van der Waals surface area contributed by atoms with E-state index in [9.17, 15) is 0 Å². The average Bonchev–Trinajstić information content (AvgIpc) is 2.88. The molecule has 136 valence electrons. The number of halogens is 1. The molecular formula is C21H23ClN2O2. The number of benzene rings is 1. The largest absolute Gasteiger partial charge is 0.493 e. The van der Waals surface area contributed by atoms with Crippen molar-refractivity contribution in [2.75, 3.05) is 7.11 Å². The molecule has 2 aliphatic heterocycles. The van der Waals surface area contributed by atoms with Gasteiger partial charge in [0.05, 0.1) is 18.4 Å². The second-order valence-corrected chi connectivity index (χ2v) is 8.67. The molecule has 0 saturated heterocycles. The van der Waals surface area contributed by atoms with Crippen LogP contribution in [0.1, 0.15) is 49.9 Å². The van der Waals surface area contributed by atoms with Gasteiger partial charge in [-0.15, -0.1) is 0 Å². The van der Waals surface area contributed by atoms with E-state index in [-0.39, 0.29) is 11.1 Å². The zero-order chi connectivity index (χ0) is 18.7. The Balaban J connectivity index is 1.98. The van der Waals surface area contributed by atoms with Gasteiger partial charge >= 0.3 is 0 Å². The van der Waals surface area contributed by atoms with Crippen molar-refractivity contribution in [1.29, 1.82) is 0 Å². The van der Waals surface area contributed by atoms with Crippen LogP contribution in [-0.4, -0.2) is 28.9 Å². The van der Waals surface area contributed by atoms with Gasteiger partial charge in [-0.05, 0) is 57.9 Å². The molecule has 0 unspecified atom stereocenters.